The van der Waals surface area contributed by atoms with E-state index in [4.69, 9.17) is 4.74 Å². The van der Waals surface area contributed by atoms with Crippen LogP contribution in [0.2, 0.25) is 0 Å². The fourth-order valence-electron chi connectivity index (χ4n) is 2.68. The molecule has 1 fully saturated rings. The second-order valence-electron chi connectivity index (χ2n) is 5.96. The number of aliphatic hydroxyl groups excluding tert-OH is 1. The minimum absolute atomic E-state index is 0.139. The summed E-state index contributed by atoms with van der Waals surface area (Å²) in [5, 5.41) is 9.62. The molecule has 1 N–H and O–H groups in total. The van der Waals surface area contributed by atoms with Crippen molar-refractivity contribution in [3.8, 4) is 0 Å². The molecular formula is C15H22BrNO2. The van der Waals surface area contributed by atoms with Gasteiger partial charge < -0.3 is 14.7 Å². The lowest BCUT2D eigenvalue weighted by molar-refractivity contribution is -0.0750. The Bertz CT molecular complexity index is 459. The Hall–Kier alpha value is -0.580. The van der Waals surface area contributed by atoms with Crippen molar-refractivity contribution in [2.24, 2.45) is 0 Å². The molecule has 1 heterocycles. The average Bonchev–Trinajstić information content (AvgIpc) is 2.25. The molecule has 2 atom stereocenters. The van der Waals surface area contributed by atoms with E-state index in [0.717, 1.165) is 28.8 Å². The first kappa shape index (κ1) is 14.8. The molecule has 1 aromatic rings. The number of halogens is 1. The molecule has 106 valence electrons. The summed E-state index contributed by atoms with van der Waals surface area (Å²) in [7, 11) is 0. The number of benzene rings is 1. The lowest BCUT2D eigenvalue weighted by Crippen LogP contribution is -2.52. The highest BCUT2D eigenvalue weighted by molar-refractivity contribution is 9.10. The van der Waals surface area contributed by atoms with Crippen LogP contribution in [0.25, 0.3) is 0 Å². The average molecular weight is 328 g/mol. The van der Waals surface area contributed by atoms with Gasteiger partial charge in [-0.1, -0.05) is 6.07 Å². The number of ether oxygens (including phenoxy) is 1. The Morgan fingerprint density at radius 3 is 2.68 bits per heavy atom. The van der Waals surface area contributed by atoms with Gasteiger partial charge >= 0.3 is 0 Å². The number of morpholine rings is 1. The van der Waals surface area contributed by atoms with Gasteiger partial charge in [-0.05, 0) is 61.3 Å². The Kier molecular flexibility index (Phi) is 4.23. The number of aliphatic hydroxyl groups is 1. The maximum Gasteiger partial charge on any atom is 0.0805 e. The van der Waals surface area contributed by atoms with Crippen molar-refractivity contribution in [3.63, 3.8) is 0 Å². The van der Waals surface area contributed by atoms with E-state index in [2.05, 4.69) is 47.7 Å². The van der Waals surface area contributed by atoms with Crippen molar-refractivity contribution in [1.82, 2.24) is 0 Å². The summed E-state index contributed by atoms with van der Waals surface area (Å²) in [6.07, 6.45) is -0.225. The monoisotopic (exact) mass is 327 g/mol. The molecule has 0 aliphatic carbocycles. The molecule has 4 heteroatoms. The van der Waals surface area contributed by atoms with E-state index in [1.165, 1.54) is 0 Å². The van der Waals surface area contributed by atoms with Crippen LogP contribution >= 0.6 is 15.9 Å². The van der Waals surface area contributed by atoms with Crippen molar-refractivity contribution in [2.45, 2.75) is 45.5 Å². The maximum absolute atomic E-state index is 9.62. The van der Waals surface area contributed by atoms with Gasteiger partial charge in [0.2, 0.25) is 0 Å². The van der Waals surface area contributed by atoms with E-state index in [0.29, 0.717) is 0 Å². The number of hydrogen-bond acceptors (Lipinski definition) is 3. The zero-order valence-corrected chi connectivity index (χ0v) is 13.6. The highest BCUT2D eigenvalue weighted by Gasteiger charge is 2.32. The second-order valence-corrected chi connectivity index (χ2v) is 6.81. The first-order valence-electron chi connectivity index (χ1n) is 6.69. The molecule has 0 radical (unpaired) electrons. The topological polar surface area (TPSA) is 32.7 Å². The molecule has 1 saturated heterocycles. The van der Waals surface area contributed by atoms with Gasteiger partial charge in [-0.15, -0.1) is 0 Å². The van der Waals surface area contributed by atoms with Crippen molar-refractivity contribution in [2.75, 3.05) is 18.0 Å². The van der Waals surface area contributed by atoms with E-state index in [1.54, 1.807) is 6.92 Å². The molecule has 0 saturated carbocycles. The third-order valence-electron chi connectivity index (χ3n) is 3.36. The van der Waals surface area contributed by atoms with Gasteiger partial charge in [0.15, 0.2) is 0 Å². The van der Waals surface area contributed by atoms with E-state index in [1.807, 2.05) is 12.1 Å². The Morgan fingerprint density at radius 1 is 1.47 bits per heavy atom. The molecule has 0 bridgehead atoms. The molecule has 3 nitrogen and oxygen atoms in total. The van der Waals surface area contributed by atoms with Crippen LogP contribution in [0, 0.1) is 0 Å². The summed E-state index contributed by atoms with van der Waals surface area (Å²) in [6, 6.07) is 6.05. The molecule has 1 aliphatic heterocycles. The van der Waals surface area contributed by atoms with Crippen LogP contribution in [0.3, 0.4) is 0 Å². The second kappa shape index (κ2) is 5.43. The van der Waals surface area contributed by atoms with Gasteiger partial charge in [0.1, 0.15) is 0 Å². The van der Waals surface area contributed by atoms with Gasteiger partial charge in [-0.3, -0.25) is 0 Å². The molecule has 1 aromatic carbocycles. The first-order valence-corrected chi connectivity index (χ1v) is 7.48. The normalized spacial score (nSPS) is 24.3. The Labute approximate surface area is 123 Å². The number of hydrogen-bond donors (Lipinski definition) is 1. The molecule has 2 rings (SSSR count). The van der Waals surface area contributed by atoms with E-state index >= 15 is 0 Å². The van der Waals surface area contributed by atoms with E-state index < -0.39 is 6.10 Å². The molecule has 19 heavy (non-hydrogen) atoms. The molecule has 0 spiro atoms. The zero-order valence-electron chi connectivity index (χ0n) is 12.0. The summed E-state index contributed by atoms with van der Waals surface area (Å²) in [5.41, 5.74) is 1.95. The van der Waals surface area contributed by atoms with Crippen molar-refractivity contribution >= 4 is 21.6 Å². The lowest BCUT2D eigenvalue weighted by Gasteiger charge is -2.43. The largest absolute Gasteiger partial charge is 0.389 e. The van der Waals surface area contributed by atoms with Crippen LogP contribution in [0.5, 0.6) is 0 Å². The summed E-state index contributed by atoms with van der Waals surface area (Å²) >= 11 is 3.61. The summed E-state index contributed by atoms with van der Waals surface area (Å²) in [6.45, 7) is 9.87. The predicted molar refractivity (Wildman–Crippen MR) is 81.6 cm³/mol. The Morgan fingerprint density at radius 2 is 2.16 bits per heavy atom. The van der Waals surface area contributed by atoms with Gasteiger partial charge in [0.05, 0.1) is 23.5 Å². The molecule has 1 aliphatic rings. The fourth-order valence-corrected chi connectivity index (χ4v) is 3.32. The summed E-state index contributed by atoms with van der Waals surface area (Å²) < 4.78 is 6.95. The van der Waals surface area contributed by atoms with Gasteiger partial charge in [0, 0.05) is 17.6 Å². The van der Waals surface area contributed by atoms with Crippen molar-refractivity contribution in [3.05, 3.63) is 28.2 Å². The van der Waals surface area contributed by atoms with Gasteiger partial charge in [-0.2, -0.15) is 0 Å². The smallest absolute Gasteiger partial charge is 0.0805 e. The molecule has 0 aromatic heterocycles. The molecule has 1 unspecified atom stereocenters. The van der Waals surface area contributed by atoms with E-state index in [9.17, 15) is 5.11 Å². The lowest BCUT2D eigenvalue weighted by atomic mass is 10.0. The van der Waals surface area contributed by atoms with Crippen LogP contribution < -0.4 is 4.90 Å². The van der Waals surface area contributed by atoms with Crippen LogP contribution in [0.1, 0.15) is 39.4 Å². The van der Waals surface area contributed by atoms with Crippen LogP contribution in [0.15, 0.2) is 22.7 Å². The Balaban J connectivity index is 2.26. The first-order chi connectivity index (χ1) is 8.78. The van der Waals surface area contributed by atoms with E-state index in [-0.39, 0.29) is 11.7 Å². The van der Waals surface area contributed by atoms with Gasteiger partial charge in [-0.25, -0.2) is 0 Å². The standard InChI is InChI=1S/C15H22BrNO2/c1-10-8-17(9-15(3,4)19-10)14-6-5-12(11(2)18)7-13(14)16/h5-7,10-11,18H,8-9H2,1-4H3/t10?,11-/m1/s1. The summed E-state index contributed by atoms with van der Waals surface area (Å²) in [4.78, 5) is 2.34. The number of anilines is 1. The minimum atomic E-state index is -0.439. The SMILES string of the molecule is CC1CN(c2ccc([C@@H](C)O)cc2Br)CC(C)(C)O1. The minimum Gasteiger partial charge on any atom is -0.389 e. The van der Waals surface area contributed by atoms with Gasteiger partial charge in [0.25, 0.3) is 0 Å². The van der Waals surface area contributed by atoms with Crippen LogP contribution in [-0.4, -0.2) is 29.9 Å². The maximum atomic E-state index is 9.62. The molecular weight excluding hydrogens is 306 g/mol. The van der Waals surface area contributed by atoms with Crippen molar-refractivity contribution < 1.29 is 9.84 Å². The predicted octanol–water partition coefficient (Wildman–Crippen LogP) is 3.51. The number of rotatable bonds is 2. The highest BCUT2D eigenvalue weighted by Crippen LogP contribution is 2.33. The van der Waals surface area contributed by atoms with Crippen LogP contribution in [0.4, 0.5) is 5.69 Å². The highest BCUT2D eigenvalue weighted by atomic mass is 79.9. The number of nitrogens with zero attached hydrogens (tertiary/aromatic N) is 1. The third-order valence-corrected chi connectivity index (χ3v) is 4.00. The molecule has 0 amide bonds. The third kappa shape index (κ3) is 3.50. The fraction of sp³-hybridized carbons (Fsp3) is 0.600. The quantitative estimate of drug-likeness (QED) is 0.902. The van der Waals surface area contributed by atoms with Crippen molar-refractivity contribution in [1.29, 1.82) is 0 Å². The summed E-state index contributed by atoms with van der Waals surface area (Å²) in [5.74, 6) is 0. The zero-order chi connectivity index (χ0) is 14.2. The van der Waals surface area contributed by atoms with Crippen LogP contribution in [-0.2, 0) is 4.74 Å².